The molecule has 0 radical (unpaired) electrons. The maximum atomic E-state index is 11.3. The van der Waals surface area contributed by atoms with Crippen LogP contribution in [0.15, 0.2) is 42.5 Å². The van der Waals surface area contributed by atoms with Crippen LogP contribution >= 0.6 is 11.6 Å². The van der Waals surface area contributed by atoms with E-state index in [1.165, 1.54) is 5.56 Å². The summed E-state index contributed by atoms with van der Waals surface area (Å²) < 4.78 is 5.42. The molecule has 1 aliphatic carbocycles. The van der Waals surface area contributed by atoms with Crippen LogP contribution in [0.4, 0.5) is 4.79 Å². The lowest BCUT2D eigenvalue weighted by Gasteiger charge is -2.39. The molecule has 0 saturated heterocycles. The standard InChI is InChI=1S/C19H20ClNO2/c1-19(2)10-9-13-11-12(14-5-3-4-6-16(14)20)7-8-15(13)17(19)23-18(21)22/h3-8,11,17H,9-10H2,1-2H3,(H2,21,22). The van der Waals surface area contributed by atoms with E-state index in [0.29, 0.717) is 0 Å². The highest BCUT2D eigenvalue weighted by Gasteiger charge is 2.38. The van der Waals surface area contributed by atoms with Crippen LogP contribution in [0.25, 0.3) is 11.1 Å². The highest BCUT2D eigenvalue weighted by Crippen LogP contribution is 2.46. The predicted octanol–water partition coefficient (Wildman–Crippen LogP) is 5.12. The van der Waals surface area contributed by atoms with Crippen LogP contribution < -0.4 is 5.73 Å². The van der Waals surface area contributed by atoms with Gasteiger partial charge in [0.2, 0.25) is 0 Å². The molecule has 1 atom stereocenters. The third-order valence-electron chi connectivity index (χ3n) is 4.59. The Morgan fingerprint density at radius 2 is 2.00 bits per heavy atom. The van der Waals surface area contributed by atoms with Crippen molar-refractivity contribution in [3.8, 4) is 11.1 Å². The van der Waals surface area contributed by atoms with Gasteiger partial charge in [-0.3, -0.25) is 0 Å². The molecular formula is C19H20ClNO2. The summed E-state index contributed by atoms with van der Waals surface area (Å²) in [5.41, 5.74) is 9.44. The summed E-state index contributed by atoms with van der Waals surface area (Å²) in [4.78, 5) is 11.3. The first kappa shape index (κ1) is 15.9. The van der Waals surface area contributed by atoms with Crippen molar-refractivity contribution in [1.82, 2.24) is 0 Å². The van der Waals surface area contributed by atoms with Crippen LogP contribution in [0.3, 0.4) is 0 Å². The molecule has 120 valence electrons. The van der Waals surface area contributed by atoms with Crippen LogP contribution in [0.2, 0.25) is 5.02 Å². The molecule has 2 aromatic carbocycles. The van der Waals surface area contributed by atoms with E-state index in [9.17, 15) is 4.79 Å². The topological polar surface area (TPSA) is 52.3 Å². The lowest BCUT2D eigenvalue weighted by Crippen LogP contribution is -2.33. The van der Waals surface area contributed by atoms with Crippen LogP contribution in [-0.2, 0) is 11.2 Å². The van der Waals surface area contributed by atoms with Gasteiger partial charge in [0, 0.05) is 16.0 Å². The number of nitrogens with two attached hydrogens (primary N) is 1. The van der Waals surface area contributed by atoms with Crippen molar-refractivity contribution >= 4 is 17.7 Å². The number of primary amides is 1. The molecule has 0 spiro atoms. The van der Waals surface area contributed by atoms with Gasteiger partial charge in [0.05, 0.1) is 0 Å². The molecule has 0 heterocycles. The maximum Gasteiger partial charge on any atom is 0.405 e. The number of ether oxygens (including phenoxy) is 1. The van der Waals surface area contributed by atoms with Gasteiger partial charge in [-0.05, 0) is 35.6 Å². The van der Waals surface area contributed by atoms with Gasteiger partial charge in [-0.25, -0.2) is 4.79 Å². The van der Waals surface area contributed by atoms with E-state index in [1.54, 1.807) is 0 Å². The molecule has 23 heavy (non-hydrogen) atoms. The van der Waals surface area contributed by atoms with Crippen LogP contribution in [0.1, 0.15) is 37.5 Å². The lowest BCUT2D eigenvalue weighted by molar-refractivity contribution is 0.0147. The monoisotopic (exact) mass is 329 g/mol. The summed E-state index contributed by atoms with van der Waals surface area (Å²) >= 11 is 6.30. The number of carbonyl (C=O) groups excluding carboxylic acids is 1. The summed E-state index contributed by atoms with van der Waals surface area (Å²) in [6.45, 7) is 4.21. The largest absolute Gasteiger partial charge is 0.441 e. The molecule has 0 aromatic heterocycles. The minimum absolute atomic E-state index is 0.131. The van der Waals surface area contributed by atoms with E-state index >= 15 is 0 Å². The van der Waals surface area contributed by atoms with E-state index in [2.05, 4.69) is 19.9 Å². The minimum Gasteiger partial charge on any atom is -0.441 e. The summed E-state index contributed by atoms with van der Waals surface area (Å²) in [7, 11) is 0. The molecule has 1 aliphatic rings. The van der Waals surface area contributed by atoms with Gasteiger partial charge in [-0.15, -0.1) is 0 Å². The number of fused-ring (bicyclic) bond motifs is 1. The lowest BCUT2D eigenvalue weighted by atomic mass is 9.71. The van der Waals surface area contributed by atoms with Crippen molar-refractivity contribution in [2.75, 3.05) is 0 Å². The van der Waals surface area contributed by atoms with Crippen LogP contribution in [0, 0.1) is 5.41 Å². The molecule has 3 rings (SSSR count). The molecule has 0 fully saturated rings. The van der Waals surface area contributed by atoms with Crippen molar-refractivity contribution in [2.45, 2.75) is 32.8 Å². The third kappa shape index (κ3) is 3.06. The first-order valence-corrected chi connectivity index (χ1v) is 8.10. The Hall–Kier alpha value is -2.00. The minimum atomic E-state index is -0.730. The average molecular weight is 330 g/mol. The molecule has 1 amide bonds. The Kier molecular flexibility index (Phi) is 4.07. The number of hydrogen-bond donors (Lipinski definition) is 1. The van der Waals surface area contributed by atoms with Crippen molar-refractivity contribution in [2.24, 2.45) is 11.1 Å². The van der Waals surface area contributed by atoms with E-state index in [-0.39, 0.29) is 11.5 Å². The van der Waals surface area contributed by atoms with Crippen molar-refractivity contribution in [3.05, 3.63) is 58.6 Å². The molecule has 3 nitrogen and oxygen atoms in total. The maximum absolute atomic E-state index is 11.3. The van der Waals surface area contributed by atoms with E-state index in [1.807, 2.05) is 36.4 Å². The molecule has 0 saturated carbocycles. The molecule has 2 aromatic rings. The molecular weight excluding hydrogens is 310 g/mol. The normalized spacial score (nSPS) is 19.0. The van der Waals surface area contributed by atoms with Gasteiger partial charge in [-0.1, -0.05) is 61.8 Å². The second-order valence-corrected chi connectivity index (χ2v) is 7.11. The summed E-state index contributed by atoms with van der Waals surface area (Å²) in [6, 6.07) is 14.0. The average Bonchev–Trinajstić information content (AvgIpc) is 2.50. The predicted molar refractivity (Wildman–Crippen MR) is 92.4 cm³/mol. The van der Waals surface area contributed by atoms with Gasteiger partial charge >= 0.3 is 6.09 Å². The van der Waals surface area contributed by atoms with E-state index in [0.717, 1.165) is 34.6 Å². The highest BCUT2D eigenvalue weighted by atomic mass is 35.5. The zero-order valence-electron chi connectivity index (χ0n) is 13.3. The molecule has 4 heteroatoms. The number of rotatable bonds is 2. The zero-order chi connectivity index (χ0) is 16.6. The molecule has 0 aliphatic heterocycles. The van der Waals surface area contributed by atoms with Gasteiger partial charge in [-0.2, -0.15) is 0 Å². The van der Waals surface area contributed by atoms with E-state index in [4.69, 9.17) is 22.1 Å². The zero-order valence-corrected chi connectivity index (χ0v) is 14.1. The number of carbonyl (C=O) groups is 1. The number of amides is 1. The Labute approximate surface area is 141 Å². The second kappa shape index (κ2) is 5.89. The van der Waals surface area contributed by atoms with Gasteiger partial charge in [0.15, 0.2) is 0 Å². The number of benzene rings is 2. The number of halogens is 1. The smallest absolute Gasteiger partial charge is 0.405 e. The fourth-order valence-corrected chi connectivity index (χ4v) is 3.53. The summed E-state index contributed by atoms with van der Waals surface area (Å²) in [5, 5.41) is 0.730. The van der Waals surface area contributed by atoms with Crippen LogP contribution in [0.5, 0.6) is 0 Å². The van der Waals surface area contributed by atoms with Crippen molar-refractivity contribution in [1.29, 1.82) is 0 Å². The third-order valence-corrected chi connectivity index (χ3v) is 4.92. The first-order valence-electron chi connectivity index (χ1n) is 7.72. The Balaban J connectivity index is 2.04. The van der Waals surface area contributed by atoms with Crippen LogP contribution in [-0.4, -0.2) is 6.09 Å². The summed E-state index contributed by atoms with van der Waals surface area (Å²) in [6.07, 6.45) is 0.832. The van der Waals surface area contributed by atoms with Crippen molar-refractivity contribution in [3.63, 3.8) is 0 Å². The Morgan fingerprint density at radius 3 is 2.70 bits per heavy atom. The van der Waals surface area contributed by atoms with Gasteiger partial charge in [0.1, 0.15) is 6.10 Å². The molecule has 2 N–H and O–H groups in total. The quantitative estimate of drug-likeness (QED) is 0.831. The summed E-state index contributed by atoms with van der Waals surface area (Å²) in [5.74, 6) is 0. The fourth-order valence-electron chi connectivity index (χ4n) is 3.29. The fraction of sp³-hybridized carbons (Fsp3) is 0.316. The van der Waals surface area contributed by atoms with E-state index < -0.39 is 6.09 Å². The first-order chi connectivity index (χ1) is 10.9. The Morgan fingerprint density at radius 1 is 1.26 bits per heavy atom. The molecule has 0 bridgehead atoms. The number of hydrogen-bond acceptors (Lipinski definition) is 2. The van der Waals surface area contributed by atoms with Gasteiger partial charge in [0.25, 0.3) is 0 Å². The highest BCUT2D eigenvalue weighted by molar-refractivity contribution is 6.33. The number of aryl methyl sites for hydroxylation is 1. The SMILES string of the molecule is CC1(C)CCc2cc(-c3ccccc3Cl)ccc2C1OC(N)=O. The molecule has 1 unspecified atom stereocenters. The van der Waals surface area contributed by atoms with Crippen molar-refractivity contribution < 1.29 is 9.53 Å². The second-order valence-electron chi connectivity index (χ2n) is 6.70. The van der Waals surface area contributed by atoms with Gasteiger partial charge < -0.3 is 10.5 Å². The Bertz CT molecular complexity index is 755.